The van der Waals surface area contributed by atoms with Crippen molar-refractivity contribution in [1.82, 2.24) is 24.5 Å². The summed E-state index contributed by atoms with van der Waals surface area (Å²) in [6.45, 7) is 3.66. The molecule has 0 atom stereocenters. The van der Waals surface area contributed by atoms with Gasteiger partial charge in [-0.25, -0.2) is 9.50 Å². The van der Waals surface area contributed by atoms with Crippen molar-refractivity contribution in [2.75, 3.05) is 14.1 Å². The van der Waals surface area contributed by atoms with Gasteiger partial charge in [0.15, 0.2) is 0 Å². The molecule has 0 aromatic carbocycles. The summed E-state index contributed by atoms with van der Waals surface area (Å²) in [4.78, 5) is 21.6. The molecular weight excluding hydrogens is 206 g/mol. The SMILES string of the molecule is Cc1nc2nc(C(=O)N(C)C)cc(C)n2n1. The van der Waals surface area contributed by atoms with E-state index in [1.807, 2.05) is 6.92 Å². The smallest absolute Gasteiger partial charge is 0.272 e. The van der Waals surface area contributed by atoms with Gasteiger partial charge in [-0.3, -0.25) is 4.79 Å². The molecule has 2 rings (SSSR count). The molecule has 0 unspecified atom stereocenters. The summed E-state index contributed by atoms with van der Waals surface area (Å²) in [5, 5.41) is 4.18. The third-order valence-corrected chi connectivity index (χ3v) is 2.22. The van der Waals surface area contributed by atoms with Crippen molar-refractivity contribution in [3.63, 3.8) is 0 Å². The lowest BCUT2D eigenvalue weighted by Gasteiger charge is -2.09. The van der Waals surface area contributed by atoms with Crippen LogP contribution in [0.15, 0.2) is 6.07 Å². The van der Waals surface area contributed by atoms with Crippen LogP contribution < -0.4 is 0 Å². The molecule has 1 amide bonds. The first-order valence-electron chi connectivity index (χ1n) is 4.91. The molecule has 0 bridgehead atoms. The van der Waals surface area contributed by atoms with E-state index in [0.29, 0.717) is 17.3 Å². The Balaban J connectivity index is 2.61. The second-order valence-electron chi connectivity index (χ2n) is 3.85. The molecular formula is C10H13N5O. The molecule has 0 N–H and O–H groups in total. The Labute approximate surface area is 92.9 Å². The van der Waals surface area contributed by atoms with Crippen LogP contribution in [0.2, 0.25) is 0 Å². The molecule has 6 heteroatoms. The highest BCUT2D eigenvalue weighted by Gasteiger charge is 2.13. The number of hydrogen-bond acceptors (Lipinski definition) is 4. The summed E-state index contributed by atoms with van der Waals surface area (Å²) < 4.78 is 1.63. The van der Waals surface area contributed by atoms with Crippen molar-refractivity contribution in [1.29, 1.82) is 0 Å². The number of hydrogen-bond donors (Lipinski definition) is 0. The van der Waals surface area contributed by atoms with Gasteiger partial charge in [0.25, 0.3) is 11.7 Å². The topological polar surface area (TPSA) is 63.4 Å². The highest BCUT2D eigenvalue weighted by Crippen LogP contribution is 2.07. The molecule has 0 saturated carbocycles. The average Bonchev–Trinajstić information content (AvgIpc) is 2.57. The lowest BCUT2D eigenvalue weighted by atomic mass is 10.3. The van der Waals surface area contributed by atoms with Crippen LogP contribution >= 0.6 is 0 Å². The minimum absolute atomic E-state index is 0.133. The Bertz CT molecular complexity index is 558. The van der Waals surface area contributed by atoms with Crippen LogP contribution in [0.25, 0.3) is 5.78 Å². The zero-order chi connectivity index (χ0) is 11.9. The Morgan fingerprint density at radius 3 is 2.62 bits per heavy atom. The maximum Gasteiger partial charge on any atom is 0.272 e. The zero-order valence-corrected chi connectivity index (χ0v) is 9.72. The van der Waals surface area contributed by atoms with Crippen LogP contribution in [0.4, 0.5) is 0 Å². The first-order chi connectivity index (χ1) is 7.49. The predicted octanol–water partition coefficient (Wildman–Crippen LogP) is 0.443. The van der Waals surface area contributed by atoms with E-state index >= 15 is 0 Å². The molecule has 16 heavy (non-hydrogen) atoms. The first-order valence-corrected chi connectivity index (χ1v) is 4.91. The van der Waals surface area contributed by atoms with Gasteiger partial charge >= 0.3 is 0 Å². The van der Waals surface area contributed by atoms with Crippen molar-refractivity contribution in [2.24, 2.45) is 0 Å². The summed E-state index contributed by atoms with van der Waals surface area (Å²) in [6.07, 6.45) is 0. The Hall–Kier alpha value is -1.98. The Morgan fingerprint density at radius 2 is 2.00 bits per heavy atom. The van der Waals surface area contributed by atoms with Crippen molar-refractivity contribution < 1.29 is 4.79 Å². The maximum absolute atomic E-state index is 11.8. The molecule has 0 aliphatic rings. The van der Waals surface area contributed by atoms with Crippen LogP contribution in [0.5, 0.6) is 0 Å². The summed E-state index contributed by atoms with van der Waals surface area (Å²) in [7, 11) is 3.39. The second-order valence-corrected chi connectivity index (χ2v) is 3.85. The van der Waals surface area contributed by atoms with Gasteiger partial charge in [-0.2, -0.15) is 10.1 Å². The monoisotopic (exact) mass is 219 g/mol. The van der Waals surface area contributed by atoms with Crippen LogP contribution in [-0.2, 0) is 0 Å². The van der Waals surface area contributed by atoms with Gasteiger partial charge in [0.1, 0.15) is 11.5 Å². The molecule has 0 aliphatic heterocycles. The van der Waals surface area contributed by atoms with E-state index in [2.05, 4.69) is 15.1 Å². The van der Waals surface area contributed by atoms with E-state index in [9.17, 15) is 4.79 Å². The highest BCUT2D eigenvalue weighted by molar-refractivity contribution is 5.92. The number of carbonyl (C=O) groups is 1. The zero-order valence-electron chi connectivity index (χ0n) is 9.72. The van der Waals surface area contributed by atoms with E-state index in [0.717, 1.165) is 5.69 Å². The normalized spacial score (nSPS) is 10.8. The summed E-state index contributed by atoms with van der Waals surface area (Å²) in [6, 6.07) is 1.71. The summed E-state index contributed by atoms with van der Waals surface area (Å²) in [5.41, 5.74) is 1.23. The fourth-order valence-electron chi connectivity index (χ4n) is 1.45. The second kappa shape index (κ2) is 3.55. The van der Waals surface area contributed by atoms with E-state index in [1.165, 1.54) is 4.90 Å². The number of amides is 1. The third kappa shape index (κ3) is 1.62. The van der Waals surface area contributed by atoms with Gasteiger partial charge < -0.3 is 4.90 Å². The van der Waals surface area contributed by atoms with Crippen LogP contribution in [0, 0.1) is 13.8 Å². The largest absolute Gasteiger partial charge is 0.343 e. The summed E-state index contributed by atoms with van der Waals surface area (Å²) >= 11 is 0. The maximum atomic E-state index is 11.8. The molecule has 0 aliphatic carbocycles. The fraction of sp³-hybridized carbons (Fsp3) is 0.400. The van der Waals surface area contributed by atoms with Gasteiger partial charge in [-0.05, 0) is 19.9 Å². The number of carbonyl (C=O) groups excluding carboxylic acids is 1. The number of aromatic nitrogens is 4. The Kier molecular flexibility index (Phi) is 2.34. The van der Waals surface area contributed by atoms with E-state index in [1.54, 1.807) is 31.6 Å². The lowest BCUT2D eigenvalue weighted by Crippen LogP contribution is -2.23. The number of nitrogens with zero attached hydrogens (tertiary/aromatic N) is 5. The molecule has 6 nitrogen and oxygen atoms in total. The van der Waals surface area contributed by atoms with E-state index in [-0.39, 0.29) is 5.91 Å². The molecule has 2 aromatic heterocycles. The van der Waals surface area contributed by atoms with Crippen molar-refractivity contribution >= 4 is 11.7 Å². The molecule has 0 spiro atoms. The molecule has 0 fully saturated rings. The summed E-state index contributed by atoms with van der Waals surface area (Å²) in [5.74, 6) is 0.971. The van der Waals surface area contributed by atoms with Crippen molar-refractivity contribution in [3.05, 3.63) is 23.3 Å². The highest BCUT2D eigenvalue weighted by atomic mass is 16.2. The van der Waals surface area contributed by atoms with Gasteiger partial charge in [0.05, 0.1) is 0 Å². The molecule has 84 valence electrons. The predicted molar refractivity (Wildman–Crippen MR) is 58.3 cm³/mol. The molecule has 0 saturated heterocycles. The minimum Gasteiger partial charge on any atom is -0.343 e. The van der Waals surface area contributed by atoms with Gasteiger partial charge in [-0.15, -0.1) is 0 Å². The molecule has 2 heterocycles. The standard InChI is InChI=1S/C10H13N5O/c1-6-5-8(9(16)14(3)4)12-10-11-7(2)13-15(6)10/h5H,1-4H3. The fourth-order valence-corrected chi connectivity index (χ4v) is 1.45. The molecule has 0 radical (unpaired) electrons. The van der Waals surface area contributed by atoms with Crippen LogP contribution in [0.3, 0.4) is 0 Å². The number of fused-ring (bicyclic) bond motifs is 1. The average molecular weight is 219 g/mol. The third-order valence-electron chi connectivity index (χ3n) is 2.22. The Morgan fingerprint density at radius 1 is 1.31 bits per heavy atom. The number of aryl methyl sites for hydroxylation is 2. The van der Waals surface area contributed by atoms with Crippen molar-refractivity contribution in [2.45, 2.75) is 13.8 Å². The van der Waals surface area contributed by atoms with Crippen LogP contribution in [-0.4, -0.2) is 44.5 Å². The van der Waals surface area contributed by atoms with Gasteiger partial charge in [-0.1, -0.05) is 0 Å². The van der Waals surface area contributed by atoms with E-state index < -0.39 is 0 Å². The van der Waals surface area contributed by atoms with Crippen LogP contribution in [0.1, 0.15) is 22.0 Å². The van der Waals surface area contributed by atoms with Gasteiger partial charge in [0.2, 0.25) is 0 Å². The first kappa shape index (κ1) is 10.5. The molecule has 2 aromatic rings. The quantitative estimate of drug-likeness (QED) is 0.698. The van der Waals surface area contributed by atoms with E-state index in [4.69, 9.17) is 0 Å². The minimum atomic E-state index is -0.133. The lowest BCUT2D eigenvalue weighted by molar-refractivity contribution is 0.0822. The van der Waals surface area contributed by atoms with Gasteiger partial charge in [0, 0.05) is 19.8 Å². The van der Waals surface area contributed by atoms with Crippen molar-refractivity contribution in [3.8, 4) is 0 Å². The number of rotatable bonds is 1.